The van der Waals surface area contributed by atoms with Crippen molar-refractivity contribution in [2.24, 2.45) is 0 Å². The molecule has 0 aliphatic rings. The molecule has 1 aromatic heterocycles. The normalized spacial score (nSPS) is 12.7. The van der Waals surface area contributed by atoms with Gasteiger partial charge >= 0.3 is 0 Å². The second-order valence-electron chi connectivity index (χ2n) is 4.66. The molecule has 0 fully saturated rings. The summed E-state index contributed by atoms with van der Waals surface area (Å²) in [6.45, 7) is 6.03. The van der Waals surface area contributed by atoms with E-state index in [4.69, 9.17) is 0 Å². The lowest BCUT2D eigenvalue weighted by Crippen LogP contribution is -2.36. The molecule has 0 unspecified atom stereocenters. The molecule has 0 spiro atoms. The Labute approximate surface area is 110 Å². The molecular weight excluding hydrogens is 224 g/mol. The Morgan fingerprint density at radius 2 is 2.28 bits per heavy atom. The van der Waals surface area contributed by atoms with Crippen molar-refractivity contribution in [3.63, 3.8) is 0 Å². The van der Waals surface area contributed by atoms with Crippen LogP contribution in [-0.4, -0.2) is 28.9 Å². The van der Waals surface area contributed by atoms with Gasteiger partial charge < -0.3 is 4.90 Å². The van der Waals surface area contributed by atoms with Crippen LogP contribution in [0, 0.1) is 6.92 Å². The first kappa shape index (κ1) is 14.4. The van der Waals surface area contributed by atoms with Crippen molar-refractivity contribution >= 4 is 5.91 Å². The highest BCUT2D eigenvalue weighted by Crippen LogP contribution is 2.08. The Bertz CT molecular complexity index is 426. The maximum atomic E-state index is 11.9. The monoisotopic (exact) mass is 246 g/mol. The third-order valence-electron chi connectivity index (χ3n) is 3.06. The summed E-state index contributed by atoms with van der Waals surface area (Å²) >= 11 is 0. The van der Waals surface area contributed by atoms with Gasteiger partial charge in [0.05, 0.1) is 0 Å². The number of aromatic nitrogens is 1. The van der Waals surface area contributed by atoms with Crippen molar-refractivity contribution in [3.8, 4) is 0 Å². The van der Waals surface area contributed by atoms with Crippen molar-refractivity contribution in [2.45, 2.75) is 39.7 Å². The topological polar surface area (TPSA) is 33.2 Å². The highest BCUT2D eigenvalue weighted by molar-refractivity contribution is 5.77. The Hall–Kier alpha value is -1.64. The third kappa shape index (κ3) is 4.32. The Morgan fingerprint density at radius 3 is 2.89 bits per heavy atom. The van der Waals surface area contributed by atoms with Gasteiger partial charge in [-0.1, -0.05) is 12.2 Å². The van der Waals surface area contributed by atoms with Gasteiger partial charge in [-0.2, -0.15) is 0 Å². The molecule has 3 heteroatoms. The molecule has 0 aromatic carbocycles. The summed E-state index contributed by atoms with van der Waals surface area (Å²) in [6, 6.07) is 4.22. The van der Waals surface area contributed by atoms with Crippen molar-refractivity contribution < 1.29 is 4.79 Å². The molecule has 0 aliphatic carbocycles. The Balaban J connectivity index is 2.59. The van der Waals surface area contributed by atoms with Crippen molar-refractivity contribution in [1.82, 2.24) is 9.88 Å². The standard InChI is InChI=1S/C15H22N2O/c1-5-6-7-15(18)17(4)13(3)11-14-10-12(2)8-9-16-14/h5-6,8-10,13H,7,11H2,1-4H3/b6-5+/t13-/m1/s1. The number of rotatable bonds is 5. The van der Waals surface area contributed by atoms with Crippen LogP contribution in [0.4, 0.5) is 0 Å². The molecule has 1 amide bonds. The molecule has 0 radical (unpaired) electrons. The molecule has 1 heterocycles. The summed E-state index contributed by atoms with van der Waals surface area (Å²) in [4.78, 5) is 18.0. The Kier molecular flexibility index (Phi) is 5.56. The zero-order valence-corrected chi connectivity index (χ0v) is 11.7. The van der Waals surface area contributed by atoms with Crippen LogP contribution in [0.15, 0.2) is 30.5 Å². The molecule has 1 rings (SSSR count). The minimum absolute atomic E-state index is 0.147. The number of amides is 1. The maximum Gasteiger partial charge on any atom is 0.226 e. The van der Waals surface area contributed by atoms with Gasteiger partial charge in [0.2, 0.25) is 5.91 Å². The molecule has 0 saturated carbocycles. The van der Waals surface area contributed by atoms with Crippen molar-refractivity contribution in [2.75, 3.05) is 7.05 Å². The predicted octanol–water partition coefficient (Wildman–Crippen LogP) is 2.75. The van der Waals surface area contributed by atoms with Crippen LogP contribution < -0.4 is 0 Å². The fourth-order valence-corrected chi connectivity index (χ4v) is 1.76. The molecule has 0 N–H and O–H groups in total. The number of hydrogen-bond donors (Lipinski definition) is 0. The zero-order valence-electron chi connectivity index (χ0n) is 11.7. The molecular formula is C15H22N2O. The molecule has 3 nitrogen and oxygen atoms in total. The van der Waals surface area contributed by atoms with E-state index in [0.717, 1.165) is 12.1 Å². The van der Waals surface area contributed by atoms with E-state index in [-0.39, 0.29) is 11.9 Å². The number of aryl methyl sites for hydroxylation is 1. The first-order chi connectivity index (χ1) is 8.54. The summed E-state index contributed by atoms with van der Waals surface area (Å²) in [7, 11) is 1.85. The van der Waals surface area contributed by atoms with E-state index in [2.05, 4.69) is 24.9 Å². The van der Waals surface area contributed by atoms with Crippen LogP contribution in [0.3, 0.4) is 0 Å². The summed E-state index contributed by atoms with van der Waals surface area (Å²) in [5.41, 5.74) is 2.24. The van der Waals surface area contributed by atoms with Gasteiger partial charge in [0.15, 0.2) is 0 Å². The number of pyridine rings is 1. The van der Waals surface area contributed by atoms with Gasteiger partial charge in [0.1, 0.15) is 0 Å². The fourth-order valence-electron chi connectivity index (χ4n) is 1.76. The first-order valence-electron chi connectivity index (χ1n) is 6.33. The molecule has 0 saturated heterocycles. The highest BCUT2D eigenvalue weighted by Gasteiger charge is 2.15. The van der Waals surface area contributed by atoms with Crippen LogP contribution in [0.2, 0.25) is 0 Å². The second-order valence-corrected chi connectivity index (χ2v) is 4.66. The van der Waals surface area contributed by atoms with Crippen LogP contribution in [-0.2, 0) is 11.2 Å². The minimum Gasteiger partial charge on any atom is -0.342 e. The largest absolute Gasteiger partial charge is 0.342 e. The SMILES string of the molecule is C/C=C/CC(=O)N(C)[C@H](C)Cc1cc(C)ccn1. The summed E-state index contributed by atoms with van der Waals surface area (Å²) < 4.78 is 0. The summed E-state index contributed by atoms with van der Waals surface area (Å²) in [6.07, 6.45) is 6.87. The first-order valence-corrected chi connectivity index (χ1v) is 6.33. The van der Waals surface area contributed by atoms with Gasteiger partial charge in [-0.25, -0.2) is 0 Å². The quantitative estimate of drug-likeness (QED) is 0.748. The number of allylic oxidation sites excluding steroid dienone is 1. The second kappa shape index (κ2) is 6.94. The van der Waals surface area contributed by atoms with E-state index >= 15 is 0 Å². The average molecular weight is 246 g/mol. The van der Waals surface area contributed by atoms with Crippen LogP contribution in [0.5, 0.6) is 0 Å². The number of hydrogen-bond acceptors (Lipinski definition) is 2. The summed E-state index contributed by atoms with van der Waals surface area (Å²) in [5.74, 6) is 0.147. The maximum absolute atomic E-state index is 11.9. The fraction of sp³-hybridized carbons (Fsp3) is 0.467. The van der Waals surface area contributed by atoms with Gasteiger partial charge in [-0.3, -0.25) is 9.78 Å². The molecule has 1 aromatic rings. The predicted molar refractivity (Wildman–Crippen MR) is 74.3 cm³/mol. The molecule has 0 aliphatic heterocycles. The summed E-state index contributed by atoms with van der Waals surface area (Å²) in [5, 5.41) is 0. The van der Waals surface area contributed by atoms with Crippen LogP contribution in [0.25, 0.3) is 0 Å². The number of carbonyl (C=O) groups is 1. The number of carbonyl (C=O) groups excluding carboxylic acids is 1. The smallest absolute Gasteiger partial charge is 0.226 e. The van der Waals surface area contributed by atoms with Gasteiger partial charge in [0, 0.05) is 37.8 Å². The van der Waals surface area contributed by atoms with E-state index in [9.17, 15) is 4.79 Å². The van der Waals surface area contributed by atoms with E-state index < -0.39 is 0 Å². The molecule has 98 valence electrons. The lowest BCUT2D eigenvalue weighted by Gasteiger charge is -2.24. The molecule has 0 bridgehead atoms. The zero-order chi connectivity index (χ0) is 13.5. The minimum atomic E-state index is 0.147. The van der Waals surface area contributed by atoms with Gasteiger partial charge in [0.25, 0.3) is 0 Å². The Morgan fingerprint density at radius 1 is 1.56 bits per heavy atom. The lowest BCUT2D eigenvalue weighted by molar-refractivity contribution is -0.130. The number of nitrogens with zero attached hydrogens (tertiary/aromatic N) is 2. The molecule has 1 atom stereocenters. The van der Waals surface area contributed by atoms with E-state index in [1.165, 1.54) is 5.56 Å². The third-order valence-corrected chi connectivity index (χ3v) is 3.06. The lowest BCUT2D eigenvalue weighted by atomic mass is 10.1. The highest BCUT2D eigenvalue weighted by atomic mass is 16.2. The van der Waals surface area contributed by atoms with E-state index in [0.29, 0.717) is 6.42 Å². The van der Waals surface area contributed by atoms with Crippen LogP contribution >= 0.6 is 0 Å². The molecule has 18 heavy (non-hydrogen) atoms. The number of likely N-dealkylation sites (N-methyl/N-ethyl adjacent to an activating group) is 1. The van der Waals surface area contributed by atoms with Crippen molar-refractivity contribution in [1.29, 1.82) is 0 Å². The van der Waals surface area contributed by atoms with Gasteiger partial charge in [-0.15, -0.1) is 0 Å². The van der Waals surface area contributed by atoms with Crippen LogP contribution in [0.1, 0.15) is 31.5 Å². The van der Waals surface area contributed by atoms with E-state index in [1.54, 1.807) is 4.90 Å². The van der Waals surface area contributed by atoms with Crippen molar-refractivity contribution in [3.05, 3.63) is 41.7 Å². The van der Waals surface area contributed by atoms with E-state index in [1.807, 2.05) is 38.4 Å². The average Bonchev–Trinajstić information content (AvgIpc) is 2.35. The van der Waals surface area contributed by atoms with Gasteiger partial charge in [-0.05, 0) is 38.5 Å².